The summed E-state index contributed by atoms with van der Waals surface area (Å²) in [5.74, 6) is 2.23. The van der Waals surface area contributed by atoms with E-state index in [0.717, 1.165) is 30.9 Å². The molecular formula is C26H27N3O4. The van der Waals surface area contributed by atoms with Gasteiger partial charge in [-0.1, -0.05) is 49.4 Å². The summed E-state index contributed by atoms with van der Waals surface area (Å²) < 4.78 is 12.6. The highest BCUT2D eigenvalue weighted by Crippen LogP contribution is 2.33. The molecule has 170 valence electrons. The largest absolute Gasteiger partial charge is 0.485 e. The minimum absolute atomic E-state index is 0.0571. The van der Waals surface area contributed by atoms with E-state index in [9.17, 15) is 10.1 Å². The lowest BCUT2D eigenvalue weighted by Crippen LogP contribution is -2.40. The van der Waals surface area contributed by atoms with Gasteiger partial charge in [0.05, 0.1) is 11.5 Å². The Hall–Kier alpha value is -3.87. The number of nitro groups is 1. The van der Waals surface area contributed by atoms with E-state index in [2.05, 4.69) is 29.4 Å². The fourth-order valence-corrected chi connectivity index (χ4v) is 3.94. The molecule has 2 atom stereocenters. The fraction of sp³-hybridized carbons (Fsp3) is 0.269. The van der Waals surface area contributed by atoms with E-state index in [1.165, 1.54) is 17.7 Å². The second kappa shape index (κ2) is 10.6. The molecule has 0 aliphatic carbocycles. The van der Waals surface area contributed by atoms with Crippen molar-refractivity contribution < 1.29 is 14.4 Å². The van der Waals surface area contributed by atoms with Gasteiger partial charge in [-0.15, -0.1) is 0 Å². The van der Waals surface area contributed by atoms with Crippen LogP contribution in [0.5, 0.6) is 11.5 Å². The molecule has 0 radical (unpaired) electrons. The van der Waals surface area contributed by atoms with Gasteiger partial charge in [0.2, 0.25) is 0 Å². The number of hydrogen-bond donors (Lipinski definition) is 1. The lowest BCUT2D eigenvalue weighted by atomic mass is 9.90. The quantitative estimate of drug-likeness (QED) is 0.346. The van der Waals surface area contributed by atoms with Gasteiger partial charge in [-0.25, -0.2) is 0 Å². The first-order valence-corrected chi connectivity index (χ1v) is 11.1. The van der Waals surface area contributed by atoms with Gasteiger partial charge in [-0.3, -0.25) is 15.1 Å². The van der Waals surface area contributed by atoms with Crippen molar-refractivity contribution in [3.05, 3.63) is 100 Å². The Morgan fingerprint density at radius 3 is 2.33 bits per heavy atom. The Balaban J connectivity index is 1.55. The molecule has 1 N–H and O–H groups in total. The number of nitrogens with zero attached hydrogens (tertiary/aromatic N) is 2. The number of benzene rings is 3. The van der Waals surface area contributed by atoms with Crippen LogP contribution in [0.15, 0.2) is 83.9 Å². The van der Waals surface area contributed by atoms with Gasteiger partial charge >= 0.3 is 0 Å². The van der Waals surface area contributed by atoms with Crippen LogP contribution in [0.3, 0.4) is 0 Å². The average Bonchev–Trinajstić information content (AvgIpc) is 3.39. The normalized spacial score (nSPS) is 14.6. The smallest absolute Gasteiger partial charge is 0.269 e. The number of para-hydroxylation sites is 2. The molecule has 0 spiro atoms. The molecule has 3 aromatic rings. The molecule has 1 aliphatic heterocycles. The van der Waals surface area contributed by atoms with E-state index in [1.54, 1.807) is 12.1 Å². The van der Waals surface area contributed by atoms with Gasteiger partial charge in [-0.05, 0) is 41.8 Å². The van der Waals surface area contributed by atoms with E-state index < -0.39 is 4.92 Å². The van der Waals surface area contributed by atoms with E-state index in [0.29, 0.717) is 11.5 Å². The maximum atomic E-state index is 10.9. The minimum Gasteiger partial charge on any atom is -0.485 e. The average molecular weight is 446 g/mol. The van der Waals surface area contributed by atoms with Crippen molar-refractivity contribution in [3.63, 3.8) is 0 Å². The highest BCUT2D eigenvalue weighted by Gasteiger charge is 2.31. The zero-order valence-electron chi connectivity index (χ0n) is 18.5. The highest BCUT2D eigenvalue weighted by atomic mass is 16.6. The summed E-state index contributed by atoms with van der Waals surface area (Å²) >= 11 is 0. The van der Waals surface area contributed by atoms with Crippen LogP contribution in [-0.4, -0.2) is 30.0 Å². The molecular weight excluding hydrogens is 418 g/mol. The third kappa shape index (κ3) is 5.49. The van der Waals surface area contributed by atoms with Crippen LogP contribution < -0.4 is 14.8 Å². The van der Waals surface area contributed by atoms with Crippen molar-refractivity contribution in [1.82, 2.24) is 5.32 Å². The molecule has 0 saturated carbocycles. The van der Waals surface area contributed by atoms with Crippen LogP contribution in [0.25, 0.3) is 0 Å². The Labute approximate surface area is 193 Å². The molecule has 7 heteroatoms. The van der Waals surface area contributed by atoms with Crippen LogP contribution in [0.1, 0.15) is 30.4 Å². The monoisotopic (exact) mass is 445 g/mol. The Morgan fingerprint density at radius 1 is 1.00 bits per heavy atom. The maximum absolute atomic E-state index is 10.9. The Bertz CT molecular complexity index is 1100. The van der Waals surface area contributed by atoms with Gasteiger partial charge in [0.15, 0.2) is 17.6 Å². The van der Waals surface area contributed by atoms with Crippen LogP contribution in [0, 0.1) is 10.1 Å². The number of amidine groups is 1. The molecule has 7 nitrogen and oxygen atoms in total. The van der Waals surface area contributed by atoms with Crippen LogP contribution >= 0.6 is 0 Å². The summed E-state index contributed by atoms with van der Waals surface area (Å²) in [7, 11) is 0. The van der Waals surface area contributed by atoms with E-state index in [1.807, 2.05) is 42.5 Å². The minimum atomic E-state index is -0.412. The van der Waals surface area contributed by atoms with E-state index >= 15 is 0 Å². The number of nitrogens with one attached hydrogen (secondary N) is 1. The molecule has 3 aromatic carbocycles. The van der Waals surface area contributed by atoms with Crippen LogP contribution in [0.2, 0.25) is 0 Å². The molecule has 0 aromatic heterocycles. The summed E-state index contributed by atoms with van der Waals surface area (Å²) in [5, 5.41) is 14.3. The highest BCUT2D eigenvalue weighted by molar-refractivity contribution is 5.89. The Kier molecular flexibility index (Phi) is 7.19. The second-order valence-electron chi connectivity index (χ2n) is 7.82. The van der Waals surface area contributed by atoms with E-state index in [-0.39, 0.29) is 24.3 Å². The van der Waals surface area contributed by atoms with Gasteiger partial charge in [0, 0.05) is 24.6 Å². The standard InChI is InChI=1S/C26H27N3O4/c1-2-22(20-8-4-3-5-9-20)25(26-27-16-17-28-26)33-24-11-7-6-10-23(24)32-18-19-12-14-21(15-13-19)29(30)31/h3-15,22,25H,2,16-18H2,1H3,(H,27,28). The van der Waals surface area contributed by atoms with Gasteiger partial charge in [0.25, 0.3) is 5.69 Å². The number of rotatable bonds is 10. The van der Waals surface area contributed by atoms with Crippen molar-refractivity contribution in [3.8, 4) is 11.5 Å². The third-order valence-electron chi connectivity index (χ3n) is 5.65. The first-order chi connectivity index (χ1) is 16.2. The molecule has 0 fully saturated rings. The second-order valence-corrected chi connectivity index (χ2v) is 7.82. The van der Waals surface area contributed by atoms with Crippen molar-refractivity contribution in [2.45, 2.75) is 32.0 Å². The molecule has 1 aliphatic rings. The Morgan fingerprint density at radius 2 is 1.70 bits per heavy atom. The van der Waals surface area contributed by atoms with Crippen molar-refractivity contribution in [2.24, 2.45) is 4.99 Å². The molecule has 1 heterocycles. The predicted molar refractivity (Wildman–Crippen MR) is 128 cm³/mol. The molecule has 33 heavy (non-hydrogen) atoms. The number of ether oxygens (including phenoxy) is 2. The lowest BCUT2D eigenvalue weighted by molar-refractivity contribution is -0.384. The van der Waals surface area contributed by atoms with Gasteiger partial charge < -0.3 is 14.8 Å². The first-order valence-electron chi connectivity index (χ1n) is 11.1. The van der Waals surface area contributed by atoms with Crippen LogP contribution in [0.4, 0.5) is 5.69 Å². The molecule has 2 unspecified atom stereocenters. The third-order valence-corrected chi connectivity index (χ3v) is 5.65. The molecule has 0 amide bonds. The molecule has 0 saturated heterocycles. The summed E-state index contributed by atoms with van der Waals surface area (Å²) in [4.78, 5) is 15.1. The van der Waals surface area contributed by atoms with Crippen molar-refractivity contribution in [2.75, 3.05) is 13.1 Å². The SMILES string of the molecule is CCC(c1ccccc1)C(Oc1ccccc1OCc1ccc([N+](=O)[O-])cc1)C1=NCCN1. The summed E-state index contributed by atoms with van der Waals surface area (Å²) in [6, 6.07) is 24.3. The topological polar surface area (TPSA) is 86.0 Å². The first kappa shape index (κ1) is 22.3. The summed E-state index contributed by atoms with van der Waals surface area (Å²) in [6.45, 7) is 3.97. The predicted octanol–water partition coefficient (Wildman–Crippen LogP) is 5.12. The maximum Gasteiger partial charge on any atom is 0.269 e. The number of non-ortho nitro benzene ring substituents is 1. The van der Waals surface area contributed by atoms with Crippen molar-refractivity contribution >= 4 is 11.5 Å². The molecule has 0 bridgehead atoms. The lowest BCUT2D eigenvalue weighted by Gasteiger charge is -2.28. The molecule has 4 rings (SSSR count). The number of aliphatic imine (C=N–C) groups is 1. The van der Waals surface area contributed by atoms with Crippen LogP contribution in [-0.2, 0) is 6.61 Å². The zero-order valence-corrected chi connectivity index (χ0v) is 18.5. The number of nitro benzene ring substituents is 1. The zero-order chi connectivity index (χ0) is 23.0. The van der Waals surface area contributed by atoms with Crippen molar-refractivity contribution in [1.29, 1.82) is 0 Å². The summed E-state index contributed by atoms with van der Waals surface area (Å²) in [6.07, 6.45) is 0.616. The van der Waals surface area contributed by atoms with Gasteiger partial charge in [0.1, 0.15) is 12.4 Å². The van der Waals surface area contributed by atoms with Gasteiger partial charge in [-0.2, -0.15) is 0 Å². The fourth-order valence-electron chi connectivity index (χ4n) is 3.94. The number of hydrogen-bond acceptors (Lipinski definition) is 6. The van der Waals surface area contributed by atoms with E-state index in [4.69, 9.17) is 9.47 Å². The summed E-state index contributed by atoms with van der Waals surface area (Å²) in [5.41, 5.74) is 2.09.